The van der Waals surface area contributed by atoms with E-state index in [-0.39, 0.29) is 16.3 Å². The van der Waals surface area contributed by atoms with Crippen molar-refractivity contribution in [3.8, 4) is 11.5 Å². The van der Waals surface area contributed by atoms with Crippen LogP contribution in [0.2, 0.25) is 0 Å². The van der Waals surface area contributed by atoms with E-state index in [1.54, 1.807) is 6.07 Å². The lowest BCUT2D eigenvalue weighted by Gasteiger charge is -2.31. The lowest BCUT2D eigenvalue weighted by molar-refractivity contribution is 0.0917. The molecule has 0 bridgehead atoms. The van der Waals surface area contributed by atoms with Gasteiger partial charge in [0.15, 0.2) is 0 Å². The normalized spacial score (nSPS) is 10.9. The summed E-state index contributed by atoms with van der Waals surface area (Å²) in [5.74, 6) is -0.0850. The first-order valence-corrected chi connectivity index (χ1v) is 6.80. The van der Waals surface area contributed by atoms with Crippen LogP contribution in [0, 0.1) is 0 Å². The zero-order valence-electron chi connectivity index (χ0n) is 11.9. The van der Waals surface area contributed by atoms with Gasteiger partial charge in [0.2, 0.25) is 0 Å². The molecule has 20 heavy (non-hydrogen) atoms. The number of hydrogen-bond donors (Lipinski definition) is 3. The number of methoxy groups -OCH3 is 1. The van der Waals surface area contributed by atoms with E-state index in [4.69, 9.17) is 22.7 Å². The molecule has 110 valence electrons. The van der Waals surface area contributed by atoms with Crippen molar-refractivity contribution in [2.45, 2.75) is 32.2 Å². The lowest BCUT2D eigenvalue weighted by Crippen LogP contribution is -2.55. The van der Waals surface area contributed by atoms with Crippen LogP contribution < -0.4 is 15.8 Å². The first kappa shape index (κ1) is 16.2. The van der Waals surface area contributed by atoms with Crippen molar-refractivity contribution in [1.29, 1.82) is 0 Å². The number of aromatic hydroxyl groups is 1. The van der Waals surface area contributed by atoms with Gasteiger partial charge in [0, 0.05) is 6.07 Å². The number of nitrogens with two attached hydrogens (primary N) is 1. The molecule has 4 N–H and O–H groups in total. The minimum atomic E-state index is -0.737. The minimum absolute atomic E-state index is 0.147. The quantitative estimate of drug-likeness (QED) is 0.699. The van der Waals surface area contributed by atoms with Gasteiger partial charge >= 0.3 is 0 Å². The van der Waals surface area contributed by atoms with Gasteiger partial charge in [-0.25, -0.2) is 0 Å². The Kier molecular flexibility index (Phi) is 5.33. The summed E-state index contributed by atoms with van der Waals surface area (Å²) in [6.45, 7) is 3.80. The lowest BCUT2D eigenvalue weighted by atomic mass is 9.92. The number of carbonyl (C=O) groups is 1. The highest BCUT2D eigenvalue weighted by Gasteiger charge is 2.32. The second-order valence-corrected chi connectivity index (χ2v) is 4.93. The number of ether oxygens (including phenoxy) is 1. The first-order valence-electron chi connectivity index (χ1n) is 6.39. The molecule has 0 heterocycles. The number of thiocarbonyl (C=S) groups is 1. The second-order valence-electron chi connectivity index (χ2n) is 4.49. The highest BCUT2D eigenvalue weighted by Crippen LogP contribution is 2.25. The van der Waals surface area contributed by atoms with E-state index < -0.39 is 11.4 Å². The molecule has 0 aliphatic carbocycles. The van der Waals surface area contributed by atoms with E-state index in [1.165, 1.54) is 19.2 Å². The standard InChI is InChI=1S/C14H20N2O3S/c1-4-14(5-2,13(15)20)16-12(18)10-7-6-9(19-3)8-11(10)17/h6-8,17H,4-5H2,1-3H3,(H2,15,20)(H,16,18). The van der Waals surface area contributed by atoms with E-state index >= 15 is 0 Å². The van der Waals surface area contributed by atoms with E-state index in [0.29, 0.717) is 18.6 Å². The van der Waals surface area contributed by atoms with Crippen LogP contribution in [0.3, 0.4) is 0 Å². The van der Waals surface area contributed by atoms with Gasteiger partial charge < -0.3 is 20.9 Å². The van der Waals surface area contributed by atoms with E-state index in [9.17, 15) is 9.90 Å². The topological polar surface area (TPSA) is 84.6 Å². The first-order chi connectivity index (χ1) is 9.40. The second kappa shape index (κ2) is 6.56. The van der Waals surface area contributed by atoms with Crippen LogP contribution in [0.25, 0.3) is 0 Å². The van der Waals surface area contributed by atoms with Crippen molar-refractivity contribution in [3.05, 3.63) is 23.8 Å². The third-order valence-electron chi connectivity index (χ3n) is 3.48. The zero-order chi connectivity index (χ0) is 15.3. The van der Waals surface area contributed by atoms with Crippen molar-refractivity contribution in [3.63, 3.8) is 0 Å². The number of hydrogen-bond acceptors (Lipinski definition) is 4. The van der Waals surface area contributed by atoms with Gasteiger partial charge in [-0.3, -0.25) is 4.79 Å². The Balaban J connectivity index is 3.04. The Morgan fingerprint density at radius 2 is 2.05 bits per heavy atom. The number of benzene rings is 1. The zero-order valence-corrected chi connectivity index (χ0v) is 12.7. The van der Waals surface area contributed by atoms with Crippen LogP contribution >= 0.6 is 12.2 Å². The predicted octanol–water partition coefficient (Wildman–Crippen LogP) is 1.98. The average molecular weight is 296 g/mol. The highest BCUT2D eigenvalue weighted by molar-refractivity contribution is 7.80. The third kappa shape index (κ3) is 3.19. The molecule has 0 saturated carbocycles. The predicted molar refractivity (Wildman–Crippen MR) is 82.2 cm³/mol. The molecule has 1 rings (SSSR count). The maximum Gasteiger partial charge on any atom is 0.255 e. The molecule has 6 heteroatoms. The summed E-state index contributed by atoms with van der Waals surface area (Å²) in [7, 11) is 1.49. The molecule has 5 nitrogen and oxygen atoms in total. The van der Waals surface area contributed by atoms with Crippen molar-refractivity contribution in [1.82, 2.24) is 5.32 Å². The van der Waals surface area contributed by atoms with Gasteiger partial charge in [-0.1, -0.05) is 26.1 Å². The maximum atomic E-state index is 12.3. The number of phenolic OH excluding ortho intramolecular Hbond substituents is 1. The third-order valence-corrected chi connectivity index (χ3v) is 3.87. The molecule has 0 spiro atoms. The number of carbonyl (C=O) groups excluding carboxylic acids is 1. The Morgan fingerprint density at radius 3 is 2.45 bits per heavy atom. The molecule has 1 aromatic carbocycles. The fourth-order valence-corrected chi connectivity index (χ4v) is 2.29. The van der Waals surface area contributed by atoms with Gasteiger partial charge in [0.05, 0.1) is 23.2 Å². The van der Waals surface area contributed by atoms with Crippen molar-refractivity contribution < 1.29 is 14.6 Å². The summed E-state index contributed by atoms with van der Waals surface area (Å²) in [4.78, 5) is 12.5. The Labute approximate surface area is 124 Å². The smallest absolute Gasteiger partial charge is 0.255 e. The minimum Gasteiger partial charge on any atom is -0.507 e. The number of rotatable bonds is 6. The monoisotopic (exact) mass is 296 g/mol. The van der Waals surface area contributed by atoms with Gasteiger partial charge in [-0.15, -0.1) is 0 Å². The molecule has 0 radical (unpaired) electrons. The summed E-state index contributed by atoms with van der Waals surface area (Å²) in [6.07, 6.45) is 1.17. The Morgan fingerprint density at radius 1 is 1.45 bits per heavy atom. The largest absolute Gasteiger partial charge is 0.507 e. The van der Waals surface area contributed by atoms with Gasteiger partial charge in [0.25, 0.3) is 5.91 Å². The van der Waals surface area contributed by atoms with E-state index in [0.717, 1.165) is 0 Å². The van der Waals surface area contributed by atoms with E-state index in [2.05, 4.69) is 5.32 Å². The van der Waals surface area contributed by atoms with Gasteiger partial charge in [-0.2, -0.15) is 0 Å². The summed E-state index contributed by atoms with van der Waals surface area (Å²) in [6, 6.07) is 4.49. The molecule has 0 saturated heterocycles. The average Bonchev–Trinajstić information content (AvgIpc) is 2.43. The molecule has 0 aliphatic rings. The molecule has 1 amide bonds. The fourth-order valence-electron chi connectivity index (χ4n) is 1.95. The van der Waals surface area contributed by atoms with Crippen LogP contribution in [0.1, 0.15) is 37.0 Å². The van der Waals surface area contributed by atoms with Crippen LogP contribution in [0.5, 0.6) is 11.5 Å². The molecular formula is C14H20N2O3S. The van der Waals surface area contributed by atoms with Crippen molar-refractivity contribution >= 4 is 23.1 Å². The van der Waals surface area contributed by atoms with Gasteiger partial charge in [-0.05, 0) is 25.0 Å². The summed E-state index contributed by atoms with van der Waals surface area (Å²) < 4.78 is 4.98. The van der Waals surface area contributed by atoms with Crippen LogP contribution in [-0.2, 0) is 0 Å². The molecule has 0 aliphatic heterocycles. The summed E-state index contributed by atoms with van der Waals surface area (Å²) in [5, 5.41) is 12.7. The number of amides is 1. The molecule has 0 fully saturated rings. The molecule has 0 unspecified atom stereocenters. The molecule has 0 aromatic heterocycles. The van der Waals surface area contributed by atoms with Crippen LogP contribution in [0.15, 0.2) is 18.2 Å². The van der Waals surface area contributed by atoms with Crippen molar-refractivity contribution in [2.24, 2.45) is 5.73 Å². The highest BCUT2D eigenvalue weighted by atomic mass is 32.1. The Hall–Kier alpha value is -1.82. The number of phenols is 1. The fraction of sp³-hybridized carbons (Fsp3) is 0.429. The van der Waals surface area contributed by atoms with Crippen LogP contribution in [-0.4, -0.2) is 28.7 Å². The SMILES string of the molecule is CCC(CC)(NC(=O)c1ccc(OC)cc1O)C(N)=S. The maximum absolute atomic E-state index is 12.3. The summed E-state index contributed by atoms with van der Waals surface area (Å²) >= 11 is 5.05. The van der Waals surface area contributed by atoms with Crippen molar-refractivity contribution in [2.75, 3.05) is 7.11 Å². The number of nitrogens with one attached hydrogen (secondary N) is 1. The molecular weight excluding hydrogens is 276 g/mol. The van der Waals surface area contributed by atoms with E-state index in [1.807, 2.05) is 13.8 Å². The van der Waals surface area contributed by atoms with Gasteiger partial charge in [0.1, 0.15) is 11.5 Å². The molecule has 1 aromatic rings. The molecule has 0 atom stereocenters. The van der Waals surface area contributed by atoms with Crippen LogP contribution in [0.4, 0.5) is 0 Å². The summed E-state index contributed by atoms with van der Waals surface area (Å²) in [5.41, 5.74) is 5.16. The Bertz CT molecular complexity index is 513.